The third-order valence-corrected chi connectivity index (χ3v) is 6.81. The summed E-state index contributed by atoms with van der Waals surface area (Å²) in [5.74, 6) is 0.0593. The lowest BCUT2D eigenvalue weighted by Gasteiger charge is -2.17. The lowest BCUT2D eigenvalue weighted by atomic mass is 10.1. The Balaban J connectivity index is 1.68. The molecular weight excluding hydrogens is 404 g/mol. The van der Waals surface area contributed by atoms with E-state index in [1.54, 1.807) is 30.2 Å². The molecule has 0 radical (unpaired) electrons. The second kappa shape index (κ2) is 8.46. The van der Waals surface area contributed by atoms with Gasteiger partial charge in [-0.15, -0.1) is 11.6 Å². The van der Waals surface area contributed by atoms with E-state index in [1.165, 1.54) is 4.31 Å². The van der Waals surface area contributed by atoms with Crippen molar-refractivity contribution in [3.63, 3.8) is 0 Å². The number of sulfonamides is 1. The fraction of sp³-hybridized carbons (Fsp3) is 0.471. The number of aryl methyl sites for hydroxylation is 1. The molecule has 152 valence electrons. The number of alkyl halides is 1. The van der Waals surface area contributed by atoms with E-state index >= 15 is 0 Å². The normalized spacial score (nSPS) is 17.7. The molecule has 1 aliphatic rings. The molecule has 3 heterocycles. The van der Waals surface area contributed by atoms with Gasteiger partial charge < -0.3 is 11.1 Å². The second-order valence-corrected chi connectivity index (χ2v) is 9.20. The number of hydrogen-bond donors (Lipinski definition) is 2. The van der Waals surface area contributed by atoms with Crippen LogP contribution in [0.25, 0.3) is 11.1 Å². The van der Waals surface area contributed by atoms with Gasteiger partial charge in [-0.3, -0.25) is 9.48 Å². The van der Waals surface area contributed by atoms with E-state index in [9.17, 15) is 13.2 Å². The van der Waals surface area contributed by atoms with Crippen LogP contribution in [0.5, 0.6) is 0 Å². The quantitative estimate of drug-likeness (QED) is 0.632. The number of halogens is 1. The number of anilines is 1. The number of hydrogen-bond acceptors (Lipinski definition) is 6. The van der Waals surface area contributed by atoms with Crippen LogP contribution >= 0.6 is 11.6 Å². The Labute approximate surface area is 168 Å². The number of nitrogen functional groups attached to an aromatic ring is 1. The summed E-state index contributed by atoms with van der Waals surface area (Å²) >= 11 is 5.59. The van der Waals surface area contributed by atoms with Crippen molar-refractivity contribution in [1.29, 1.82) is 0 Å². The van der Waals surface area contributed by atoms with Gasteiger partial charge in [0, 0.05) is 55.6 Å². The molecule has 2 aromatic heterocycles. The maximum absolute atomic E-state index is 12.7. The highest BCUT2D eigenvalue weighted by Crippen LogP contribution is 2.22. The summed E-state index contributed by atoms with van der Waals surface area (Å²) in [5, 5.41) is 6.98. The Morgan fingerprint density at radius 1 is 1.39 bits per heavy atom. The van der Waals surface area contributed by atoms with E-state index in [1.807, 2.05) is 6.20 Å². The van der Waals surface area contributed by atoms with Gasteiger partial charge in [0.2, 0.25) is 10.0 Å². The van der Waals surface area contributed by atoms with Crippen LogP contribution < -0.4 is 11.1 Å². The number of rotatable bonds is 7. The first-order chi connectivity index (χ1) is 13.3. The number of amides is 1. The standard InChI is InChI=1S/C17H23ClN6O3S/c1-23-10-13(9-21-23)12-7-15(16(19)20-8-12)17(25)22-14-3-5-24(11-14)28(26,27)6-2-4-18/h7-10,14H,2-6,11H2,1H3,(H2,19,20)(H,22,25)/t14-/m1/s1. The molecule has 1 fully saturated rings. The molecule has 1 aliphatic heterocycles. The highest BCUT2D eigenvalue weighted by Gasteiger charge is 2.32. The van der Waals surface area contributed by atoms with Crippen molar-refractivity contribution >= 4 is 33.3 Å². The minimum atomic E-state index is -3.35. The Morgan fingerprint density at radius 2 is 2.18 bits per heavy atom. The maximum atomic E-state index is 12.7. The minimum Gasteiger partial charge on any atom is -0.383 e. The number of carbonyl (C=O) groups is 1. The summed E-state index contributed by atoms with van der Waals surface area (Å²) in [6.45, 7) is 0.616. The van der Waals surface area contributed by atoms with E-state index in [-0.39, 0.29) is 35.6 Å². The van der Waals surface area contributed by atoms with Gasteiger partial charge >= 0.3 is 0 Å². The summed E-state index contributed by atoms with van der Waals surface area (Å²) in [6.07, 6.45) is 6.02. The van der Waals surface area contributed by atoms with Crippen molar-refractivity contribution < 1.29 is 13.2 Å². The van der Waals surface area contributed by atoms with E-state index in [2.05, 4.69) is 15.4 Å². The van der Waals surface area contributed by atoms with E-state index in [4.69, 9.17) is 17.3 Å². The molecule has 3 N–H and O–H groups in total. The van der Waals surface area contributed by atoms with Gasteiger partial charge in [0.15, 0.2) is 0 Å². The molecule has 28 heavy (non-hydrogen) atoms. The molecule has 0 aliphatic carbocycles. The zero-order chi connectivity index (χ0) is 20.3. The molecule has 0 unspecified atom stereocenters. The lowest BCUT2D eigenvalue weighted by Crippen LogP contribution is -2.39. The lowest BCUT2D eigenvalue weighted by molar-refractivity contribution is 0.0939. The van der Waals surface area contributed by atoms with Gasteiger partial charge in [0.1, 0.15) is 5.82 Å². The monoisotopic (exact) mass is 426 g/mol. The fourth-order valence-electron chi connectivity index (χ4n) is 3.11. The maximum Gasteiger partial charge on any atom is 0.255 e. The highest BCUT2D eigenvalue weighted by molar-refractivity contribution is 7.89. The van der Waals surface area contributed by atoms with Crippen LogP contribution in [0.4, 0.5) is 5.82 Å². The van der Waals surface area contributed by atoms with Crippen molar-refractivity contribution in [3.8, 4) is 11.1 Å². The molecule has 3 rings (SSSR count). The Bertz CT molecular complexity index is 962. The Morgan fingerprint density at radius 3 is 2.86 bits per heavy atom. The summed E-state index contributed by atoms with van der Waals surface area (Å²) in [5.41, 5.74) is 7.69. The van der Waals surface area contributed by atoms with Gasteiger partial charge in [-0.2, -0.15) is 9.40 Å². The predicted molar refractivity (Wildman–Crippen MR) is 107 cm³/mol. The Hall–Kier alpha value is -2.17. The van der Waals surface area contributed by atoms with Crippen molar-refractivity contribution in [2.24, 2.45) is 7.05 Å². The molecule has 0 saturated carbocycles. The summed E-state index contributed by atoms with van der Waals surface area (Å²) < 4.78 is 27.6. The van der Waals surface area contributed by atoms with Gasteiger partial charge in [-0.05, 0) is 18.9 Å². The molecule has 0 spiro atoms. The third-order valence-electron chi connectivity index (χ3n) is 4.62. The molecule has 9 nitrogen and oxygen atoms in total. The highest BCUT2D eigenvalue weighted by atomic mass is 35.5. The van der Waals surface area contributed by atoms with Crippen LogP contribution in [0, 0.1) is 0 Å². The zero-order valence-corrected chi connectivity index (χ0v) is 17.1. The minimum absolute atomic E-state index is 0.0151. The number of carbonyl (C=O) groups excluding carboxylic acids is 1. The first kappa shape index (κ1) is 20.6. The van der Waals surface area contributed by atoms with Crippen LogP contribution in [-0.2, 0) is 17.1 Å². The summed E-state index contributed by atoms with van der Waals surface area (Å²) in [7, 11) is -1.55. The average Bonchev–Trinajstić information content (AvgIpc) is 3.30. The number of aromatic nitrogens is 3. The number of nitrogens with two attached hydrogens (primary N) is 1. The van der Waals surface area contributed by atoms with Crippen molar-refractivity contribution in [2.75, 3.05) is 30.5 Å². The fourth-order valence-corrected chi connectivity index (χ4v) is 4.96. The van der Waals surface area contributed by atoms with Crippen LogP contribution in [0.15, 0.2) is 24.7 Å². The number of nitrogens with zero attached hydrogens (tertiary/aromatic N) is 4. The first-order valence-electron chi connectivity index (χ1n) is 8.89. The van der Waals surface area contributed by atoms with Crippen LogP contribution in [-0.4, -0.2) is 64.2 Å². The second-order valence-electron chi connectivity index (χ2n) is 6.74. The van der Waals surface area contributed by atoms with E-state index in [0.29, 0.717) is 25.3 Å². The van der Waals surface area contributed by atoms with Gasteiger partial charge in [-0.1, -0.05) is 0 Å². The van der Waals surface area contributed by atoms with Gasteiger partial charge in [0.05, 0.1) is 17.5 Å². The zero-order valence-electron chi connectivity index (χ0n) is 15.5. The first-order valence-corrected chi connectivity index (χ1v) is 11.0. The van der Waals surface area contributed by atoms with Gasteiger partial charge in [0.25, 0.3) is 5.91 Å². The van der Waals surface area contributed by atoms with Crippen LogP contribution in [0.1, 0.15) is 23.2 Å². The average molecular weight is 427 g/mol. The van der Waals surface area contributed by atoms with Gasteiger partial charge in [-0.25, -0.2) is 13.4 Å². The summed E-state index contributed by atoms with van der Waals surface area (Å²) in [6, 6.07) is 1.39. The summed E-state index contributed by atoms with van der Waals surface area (Å²) in [4.78, 5) is 16.8. The SMILES string of the molecule is Cn1cc(-c2cnc(N)c(C(=O)N[C@@H]3CCN(S(=O)(=O)CCCCl)C3)c2)cn1. The van der Waals surface area contributed by atoms with E-state index in [0.717, 1.165) is 11.1 Å². The Kier molecular flexibility index (Phi) is 6.21. The molecule has 11 heteroatoms. The van der Waals surface area contributed by atoms with Crippen molar-refractivity contribution in [1.82, 2.24) is 24.4 Å². The molecule has 1 amide bonds. The molecule has 0 bridgehead atoms. The predicted octanol–water partition coefficient (Wildman–Crippen LogP) is 0.827. The molecular formula is C17H23ClN6O3S. The van der Waals surface area contributed by atoms with Crippen LogP contribution in [0.2, 0.25) is 0 Å². The molecule has 0 aromatic carbocycles. The molecule has 1 saturated heterocycles. The largest absolute Gasteiger partial charge is 0.383 e. The smallest absolute Gasteiger partial charge is 0.255 e. The molecule has 1 atom stereocenters. The third kappa shape index (κ3) is 4.62. The van der Waals surface area contributed by atoms with E-state index < -0.39 is 10.0 Å². The molecule has 2 aromatic rings. The number of pyridine rings is 1. The van der Waals surface area contributed by atoms with Crippen LogP contribution in [0.3, 0.4) is 0 Å². The topological polar surface area (TPSA) is 123 Å². The van der Waals surface area contributed by atoms with Crippen molar-refractivity contribution in [2.45, 2.75) is 18.9 Å². The van der Waals surface area contributed by atoms with Crippen molar-refractivity contribution in [3.05, 3.63) is 30.2 Å². The number of nitrogens with one attached hydrogen (secondary N) is 1.